The molecule has 1 saturated carbocycles. The number of carbonyl (C=O) groups is 1. The third-order valence-electron chi connectivity index (χ3n) is 5.56. The Morgan fingerprint density at radius 3 is 2.89 bits per heavy atom. The van der Waals surface area contributed by atoms with Crippen molar-refractivity contribution in [2.75, 3.05) is 20.1 Å². The summed E-state index contributed by atoms with van der Waals surface area (Å²) in [7, 11) is 1.84. The first kappa shape index (κ1) is 20.1. The zero-order chi connectivity index (χ0) is 19.9. The largest absolute Gasteiger partial charge is 0.394 e. The van der Waals surface area contributed by atoms with Crippen molar-refractivity contribution >= 4 is 23.0 Å². The summed E-state index contributed by atoms with van der Waals surface area (Å²) in [6, 6.07) is 10.6. The Kier molecular flexibility index (Phi) is 6.87. The van der Waals surface area contributed by atoms with Crippen LogP contribution in [0, 0.1) is 5.41 Å². The van der Waals surface area contributed by atoms with E-state index >= 15 is 0 Å². The molecule has 0 unspecified atom stereocenters. The van der Waals surface area contributed by atoms with E-state index in [-0.39, 0.29) is 11.9 Å². The number of carbonyl (C=O) groups excluding carboxylic acids is 1. The van der Waals surface area contributed by atoms with Crippen molar-refractivity contribution in [3.63, 3.8) is 0 Å². The number of aromatic nitrogens is 1. The molecule has 6 heteroatoms. The highest BCUT2D eigenvalue weighted by molar-refractivity contribution is 5.98. The van der Waals surface area contributed by atoms with Gasteiger partial charge in [-0.15, -0.1) is 0 Å². The predicted octanol–water partition coefficient (Wildman–Crippen LogP) is 3.28. The highest BCUT2D eigenvalue weighted by Crippen LogP contribution is 2.25. The third-order valence-corrected chi connectivity index (χ3v) is 5.56. The number of hydrogen-bond donors (Lipinski definition) is 4. The molecule has 6 nitrogen and oxygen atoms in total. The van der Waals surface area contributed by atoms with Crippen LogP contribution in [0.1, 0.15) is 43.1 Å². The second-order valence-electron chi connectivity index (χ2n) is 7.41. The summed E-state index contributed by atoms with van der Waals surface area (Å²) in [4.78, 5) is 18.5. The number of H-pyrrole nitrogens is 1. The highest BCUT2D eigenvalue weighted by atomic mass is 16.2. The molecule has 0 spiro atoms. The zero-order valence-corrected chi connectivity index (χ0v) is 16.8. The van der Waals surface area contributed by atoms with E-state index in [0.717, 1.165) is 42.2 Å². The number of rotatable bonds is 8. The molecule has 4 N–H and O–H groups in total. The number of amides is 1. The van der Waals surface area contributed by atoms with Gasteiger partial charge in [0, 0.05) is 55.5 Å². The van der Waals surface area contributed by atoms with Crippen molar-refractivity contribution in [2.45, 2.75) is 44.7 Å². The lowest BCUT2D eigenvalue weighted by Crippen LogP contribution is -2.47. The summed E-state index contributed by atoms with van der Waals surface area (Å²) in [6.45, 7) is 3.43. The Bertz CT molecular complexity index is 807. The van der Waals surface area contributed by atoms with Crippen molar-refractivity contribution < 1.29 is 4.79 Å². The summed E-state index contributed by atoms with van der Waals surface area (Å²) in [5, 5.41) is 15.1. The van der Waals surface area contributed by atoms with E-state index in [2.05, 4.69) is 22.5 Å². The molecule has 150 valence electrons. The van der Waals surface area contributed by atoms with Crippen LogP contribution in [-0.2, 0) is 0 Å². The van der Waals surface area contributed by atoms with Crippen LogP contribution < -0.4 is 10.6 Å². The van der Waals surface area contributed by atoms with Gasteiger partial charge in [0.05, 0.1) is 0 Å². The Hall–Kier alpha value is -2.60. The van der Waals surface area contributed by atoms with E-state index < -0.39 is 0 Å². The van der Waals surface area contributed by atoms with Crippen LogP contribution in [0.25, 0.3) is 10.9 Å². The quantitative estimate of drug-likeness (QED) is 0.530. The SMILES string of the molecule is CCN(C(=O)c1cc2ccccc2[nH]1)[C@H]1CCC[C@@H](NC/C(C=N)=C/NC)C1. The standard InChI is InChI=1S/C22H31N5O/c1-3-27(22(28)21-11-17-7-4-5-10-20(17)26-21)19-9-6-8-18(12-19)25-15-16(13-23)14-24-2/h4-5,7,10-11,13-14,18-19,23-26H,3,6,8-9,12,15H2,1-2H3/b16-14+,23-13?/t18-,19+/m1/s1. The summed E-state index contributed by atoms with van der Waals surface area (Å²) >= 11 is 0. The van der Waals surface area contributed by atoms with Gasteiger partial charge in [0.1, 0.15) is 5.69 Å². The first-order valence-electron chi connectivity index (χ1n) is 10.1. The Morgan fingerprint density at radius 1 is 1.36 bits per heavy atom. The maximum Gasteiger partial charge on any atom is 0.270 e. The number of nitrogens with zero attached hydrogens (tertiary/aromatic N) is 1. The molecule has 3 rings (SSSR count). The molecule has 1 aliphatic carbocycles. The number of fused-ring (bicyclic) bond motifs is 1. The van der Waals surface area contributed by atoms with Crippen LogP contribution >= 0.6 is 0 Å². The van der Waals surface area contributed by atoms with Crippen molar-refractivity contribution in [3.05, 3.63) is 47.8 Å². The zero-order valence-electron chi connectivity index (χ0n) is 16.8. The second-order valence-corrected chi connectivity index (χ2v) is 7.41. The third kappa shape index (κ3) is 4.62. The molecule has 28 heavy (non-hydrogen) atoms. The first-order valence-corrected chi connectivity index (χ1v) is 10.1. The molecule has 1 fully saturated rings. The predicted molar refractivity (Wildman–Crippen MR) is 115 cm³/mol. The first-order chi connectivity index (χ1) is 13.7. The molecular formula is C22H31N5O. The molecule has 0 aliphatic heterocycles. The van der Waals surface area contributed by atoms with Crippen molar-refractivity contribution in [3.8, 4) is 0 Å². The van der Waals surface area contributed by atoms with Gasteiger partial charge in [-0.2, -0.15) is 0 Å². The van der Waals surface area contributed by atoms with Crippen LogP contribution in [-0.4, -0.2) is 54.2 Å². The Morgan fingerprint density at radius 2 is 2.18 bits per heavy atom. The van der Waals surface area contributed by atoms with Crippen LogP contribution in [0.2, 0.25) is 0 Å². The van der Waals surface area contributed by atoms with E-state index in [1.54, 1.807) is 0 Å². The minimum absolute atomic E-state index is 0.0830. The summed E-state index contributed by atoms with van der Waals surface area (Å²) in [5.74, 6) is 0.0830. The van der Waals surface area contributed by atoms with Gasteiger partial charge in [0.15, 0.2) is 0 Å². The molecule has 2 aromatic rings. The molecule has 1 aromatic heterocycles. The smallest absolute Gasteiger partial charge is 0.270 e. The molecule has 1 heterocycles. The molecule has 2 atom stereocenters. The summed E-state index contributed by atoms with van der Waals surface area (Å²) < 4.78 is 0. The Labute approximate surface area is 166 Å². The number of benzene rings is 1. The maximum absolute atomic E-state index is 13.2. The molecular weight excluding hydrogens is 350 g/mol. The van der Waals surface area contributed by atoms with Gasteiger partial charge >= 0.3 is 0 Å². The lowest BCUT2D eigenvalue weighted by molar-refractivity contribution is 0.0624. The van der Waals surface area contributed by atoms with E-state index in [4.69, 9.17) is 5.41 Å². The minimum Gasteiger partial charge on any atom is -0.394 e. The average Bonchev–Trinajstić information content (AvgIpc) is 3.16. The molecule has 0 saturated heterocycles. The van der Waals surface area contributed by atoms with E-state index in [1.807, 2.05) is 48.5 Å². The number of nitrogens with one attached hydrogen (secondary N) is 4. The average molecular weight is 382 g/mol. The van der Waals surface area contributed by atoms with Gasteiger partial charge in [-0.05, 0) is 50.3 Å². The van der Waals surface area contributed by atoms with Crippen LogP contribution in [0.15, 0.2) is 42.1 Å². The molecule has 1 aromatic carbocycles. The van der Waals surface area contributed by atoms with Gasteiger partial charge in [0.25, 0.3) is 5.91 Å². The molecule has 0 bridgehead atoms. The monoisotopic (exact) mass is 381 g/mol. The highest BCUT2D eigenvalue weighted by Gasteiger charge is 2.29. The van der Waals surface area contributed by atoms with Gasteiger partial charge in [0.2, 0.25) is 0 Å². The normalized spacial score (nSPS) is 20.1. The van der Waals surface area contributed by atoms with Crippen LogP contribution in [0.5, 0.6) is 0 Å². The number of hydrogen-bond acceptors (Lipinski definition) is 4. The van der Waals surface area contributed by atoms with Crippen LogP contribution in [0.4, 0.5) is 0 Å². The van der Waals surface area contributed by atoms with Crippen molar-refractivity contribution in [1.82, 2.24) is 20.5 Å². The summed E-state index contributed by atoms with van der Waals surface area (Å²) in [6.07, 6.45) is 7.43. The minimum atomic E-state index is 0.0830. The molecule has 1 amide bonds. The lowest BCUT2D eigenvalue weighted by atomic mass is 9.89. The van der Waals surface area contributed by atoms with Gasteiger partial charge in [-0.1, -0.05) is 18.2 Å². The maximum atomic E-state index is 13.2. The van der Waals surface area contributed by atoms with E-state index in [0.29, 0.717) is 24.8 Å². The Balaban J connectivity index is 1.66. The fourth-order valence-corrected chi connectivity index (χ4v) is 4.13. The molecule has 1 aliphatic rings. The fourth-order valence-electron chi connectivity index (χ4n) is 4.13. The summed E-state index contributed by atoms with van der Waals surface area (Å²) in [5.41, 5.74) is 2.59. The van der Waals surface area contributed by atoms with E-state index in [9.17, 15) is 4.79 Å². The van der Waals surface area contributed by atoms with Crippen LogP contribution in [0.3, 0.4) is 0 Å². The van der Waals surface area contributed by atoms with Gasteiger partial charge < -0.3 is 25.9 Å². The molecule has 0 radical (unpaired) electrons. The van der Waals surface area contributed by atoms with Gasteiger partial charge in [-0.25, -0.2) is 0 Å². The van der Waals surface area contributed by atoms with E-state index in [1.165, 1.54) is 6.21 Å². The fraction of sp³-hybridized carbons (Fsp3) is 0.455. The lowest BCUT2D eigenvalue weighted by Gasteiger charge is -2.37. The number of aromatic amines is 1. The van der Waals surface area contributed by atoms with Gasteiger partial charge in [-0.3, -0.25) is 4.79 Å². The number of para-hydroxylation sites is 1. The van der Waals surface area contributed by atoms with Crippen molar-refractivity contribution in [2.24, 2.45) is 0 Å². The topological polar surface area (TPSA) is 84.0 Å². The second kappa shape index (κ2) is 9.55. The van der Waals surface area contributed by atoms with Crippen molar-refractivity contribution in [1.29, 1.82) is 5.41 Å².